The lowest BCUT2D eigenvalue weighted by molar-refractivity contribution is -0.139. The molecular formula is C19H17NO5. The van der Waals surface area contributed by atoms with E-state index < -0.39 is 17.7 Å². The third-order valence-electron chi connectivity index (χ3n) is 4.24. The quantitative estimate of drug-likeness (QED) is 0.509. The molecule has 1 heterocycles. The number of aliphatic hydroxyl groups is 1. The maximum atomic E-state index is 12.4. The summed E-state index contributed by atoms with van der Waals surface area (Å²) in [4.78, 5) is 25.9. The van der Waals surface area contributed by atoms with E-state index in [9.17, 15) is 19.8 Å². The first-order valence-corrected chi connectivity index (χ1v) is 7.62. The molecule has 1 aliphatic rings. The third kappa shape index (κ3) is 2.71. The number of amides is 1. The number of hydrogen-bond donors (Lipinski definition) is 2. The number of ketones is 1. The van der Waals surface area contributed by atoms with Crippen molar-refractivity contribution in [2.24, 2.45) is 0 Å². The topological polar surface area (TPSA) is 87.1 Å². The van der Waals surface area contributed by atoms with Crippen LogP contribution in [0.1, 0.15) is 17.2 Å². The van der Waals surface area contributed by atoms with Crippen molar-refractivity contribution < 1.29 is 24.5 Å². The van der Waals surface area contributed by atoms with Crippen molar-refractivity contribution in [3.8, 4) is 11.5 Å². The first kappa shape index (κ1) is 16.6. The number of Topliss-reactive ketones (excluding diaryl/α,β-unsaturated/α-hetero) is 1. The first-order valence-electron chi connectivity index (χ1n) is 7.62. The number of carbonyl (C=O) groups excluding carboxylic acids is 2. The fraction of sp³-hybridized carbons (Fsp3) is 0.158. The van der Waals surface area contributed by atoms with E-state index in [4.69, 9.17) is 4.74 Å². The van der Waals surface area contributed by atoms with Crippen LogP contribution in [0.2, 0.25) is 0 Å². The van der Waals surface area contributed by atoms with Crippen LogP contribution in [0.15, 0.2) is 54.1 Å². The zero-order chi connectivity index (χ0) is 18.1. The molecule has 0 aromatic heterocycles. The van der Waals surface area contributed by atoms with Crippen molar-refractivity contribution in [2.45, 2.75) is 6.04 Å². The molecule has 1 saturated heterocycles. The smallest absolute Gasteiger partial charge is 0.295 e. The number of aliphatic hydroxyl groups excluding tert-OH is 1. The van der Waals surface area contributed by atoms with Crippen molar-refractivity contribution in [1.82, 2.24) is 4.90 Å². The molecule has 0 aliphatic carbocycles. The van der Waals surface area contributed by atoms with Gasteiger partial charge < -0.3 is 19.8 Å². The monoisotopic (exact) mass is 339 g/mol. The number of benzene rings is 2. The van der Waals surface area contributed by atoms with Crippen LogP contribution in [-0.4, -0.2) is 41.0 Å². The van der Waals surface area contributed by atoms with Gasteiger partial charge in [0.05, 0.1) is 18.7 Å². The second kappa shape index (κ2) is 6.32. The number of likely N-dealkylation sites (tertiary alicyclic amines) is 1. The van der Waals surface area contributed by atoms with E-state index in [1.54, 1.807) is 42.5 Å². The second-order valence-electron chi connectivity index (χ2n) is 5.71. The highest BCUT2D eigenvalue weighted by Gasteiger charge is 2.44. The fourth-order valence-electron chi connectivity index (χ4n) is 2.95. The molecule has 0 radical (unpaired) electrons. The summed E-state index contributed by atoms with van der Waals surface area (Å²) in [6.07, 6.45) is 0. The maximum Gasteiger partial charge on any atom is 0.295 e. The van der Waals surface area contributed by atoms with Crippen LogP contribution in [0, 0.1) is 0 Å². The summed E-state index contributed by atoms with van der Waals surface area (Å²) >= 11 is 0. The first-order chi connectivity index (χ1) is 12.0. The van der Waals surface area contributed by atoms with E-state index in [0.29, 0.717) is 11.1 Å². The molecule has 2 aromatic rings. The van der Waals surface area contributed by atoms with E-state index >= 15 is 0 Å². The number of ether oxygens (including phenoxy) is 1. The molecule has 0 saturated carbocycles. The SMILES string of the molecule is COc1cc([C@@H]2C(=C(O)c3ccccc3)C(=O)C(=O)N2C)ccc1O. The number of phenols is 1. The van der Waals surface area contributed by atoms with E-state index in [2.05, 4.69) is 0 Å². The van der Waals surface area contributed by atoms with E-state index in [-0.39, 0.29) is 22.8 Å². The molecule has 6 nitrogen and oxygen atoms in total. The molecule has 2 N–H and O–H groups in total. The minimum atomic E-state index is -0.769. The third-order valence-corrected chi connectivity index (χ3v) is 4.24. The predicted octanol–water partition coefficient (Wildman–Crippen LogP) is 2.45. The Morgan fingerprint density at radius 1 is 1.12 bits per heavy atom. The Morgan fingerprint density at radius 3 is 2.44 bits per heavy atom. The Kier molecular flexibility index (Phi) is 4.19. The Balaban J connectivity index is 2.19. The van der Waals surface area contributed by atoms with Gasteiger partial charge in [-0.25, -0.2) is 0 Å². The van der Waals surface area contributed by atoms with Gasteiger partial charge in [-0.1, -0.05) is 36.4 Å². The molecule has 128 valence electrons. The highest BCUT2D eigenvalue weighted by atomic mass is 16.5. The van der Waals surface area contributed by atoms with Crippen LogP contribution in [-0.2, 0) is 9.59 Å². The highest BCUT2D eigenvalue weighted by Crippen LogP contribution is 2.40. The number of hydrogen-bond acceptors (Lipinski definition) is 5. The van der Waals surface area contributed by atoms with Crippen LogP contribution in [0.4, 0.5) is 0 Å². The molecular weight excluding hydrogens is 322 g/mol. The lowest BCUT2D eigenvalue weighted by atomic mass is 9.95. The van der Waals surface area contributed by atoms with Gasteiger partial charge in [0.2, 0.25) is 0 Å². The molecule has 6 heteroatoms. The van der Waals surface area contributed by atoms with Crippen LogP contribution in [0.25, 0.3) is 5.76 Å². The van der Waals surface area contributed by atoms with Crippen molar-refractivity contribution in [3.63, 3.8) is 0 Å². The van der Waals surface area contributed by atoms with Crippen molar-refractivity contribution in [3.05, 3.63) is 65.2 Å². The summed E-state index contributed by atoms with van der Waals surface area (Å²) in [5.74, 6) is -1.52. The maximum absolute atomic E-state index is 12.4. The summed E-state index contributed by atoms with van der Waals surface area (Å²) < 4.78 is 5.10. The van der Waals surface area contributed by atoms with Gasteiger partial charge in [0, 0.05) is 12.6 Å². The number of aromatic hydroxyl groups is 1. The van der Waals surface area contributed by atoms with Crippen LogP contribution >= 0.6 is 0 Å². The average molecular weight is 339 g/mol. The van der Waals surface area contributed by atoms with Gasteiger partial charge in [-0.05, 0) is 17.7 Å². The van der Waals surface area contributed by atoms with Gasteiger partial charge in [-0.2, -0.15) is 0 Å². The Bertz CT molecular complexity index is 873. The number of rotatable bonds is 3. The highest BCUT2D eigenvalue weighted by molar-refractivity contribution is 6.46. The molecule has 1 amide bonds. The lowest BCUT2D eigenvalue weighted by Gasteiger charge is -2.21. The largest absolute Gasteiger partial charge is 0.507 e. The molecule has 0 spiro atoms. The van der Waals surface area contributed by atoms with Gasteiger partial charge >= 0.3 is 0 Å². The van der Waals surface area contributed by atoms with Crippen LogP contribution < -0.4 is 4.74 Å². The molecule has 25 heavy (non-hydrogen) atoms. The number of phenolic OH excluding ortho intramolecular Hbond substituents is 1. The predicted molar refractivity (Wildman–Crippen MR) is 91.2 cm³/mol. The summed E-state index contributed by atoms with van der Waals surface area (Å²) in [7, 11) is 2.90. The zero-order valence-corrected chi connectivity index (χ0v) is 13.8. The summed E-state index contributed by atoms with van der Waals surface area (Å²) in [5, 5.41) is 20.4. The van der Waals surface area contributed by atoms with Crippen molar-refractivity contribution >= 4 is 17.4 Å². The van der Waals surface area contributed by atoms with Crippen molar-refractivity contribution in [1.29, 1.82) is 0 Å². The van der Waals surface area contributed by atoms with Gasteiger partial charge in [0.25, 0.3) is 11.7 Å². The molecule has 1 atom stereocenters. The summed E-state index contributed by atoms with van der Waals surface area (Å²) in [6.45, 7) is 0. The number of nitrogens with zero attached hydrogens (tertiary/aromatic N) is 1. The molecule has 0 unspecified atom stereocenters. The van der Waals surface area contributed by atoms with Gasteiger partial charge in [0.15, 0.2) is 11.5 Å². The standard InChI is InChI=1S/C19H17NO5/c1-20-16(12-8-9-13(21)14(10-12)25-2)15(18(23)19(20)24)17(22)11-6-4-3-5-7-11/h3-10,16,21-22H,1-2H3/t16-/m1/s1. The second-order valence-corrected chi connectivity index (χ2v) is 5.71. The lowest BCUT2D eigenvalue weighted by Crippen LogP contribution is -2.24. The van der Waals surface area contributed by atoms with Gasteiger partial charge in [-0.15, -0.1) is 0 Å². The van der Waals surface area contributed by atoms with Crippen LogP contribution in [0.5, 0.6) is 11.5 Å². The minimum absolute atomic E-state index is 0.00597. The normalized spacial score (nSPS) is 19.3. The van der Waals surface area contributed by atoms with Crippen LogP contribution in [0.3, 0.4) is 0 Å². The Labute approximate surface area is 144 Å². The summed E-state index contributed by atoms with van der Waals surface area (Å²) in [6, 6.07) is 12.4. The minimum Gasteiger partial charge on any atom is -0.507 e. The van der Waals surface area contributed by atoms with Crippen molar-refractivity contribution in [2.75, 3.05) is 14.2 Å². The number of methoxy groups -OCH3 is 1. The number of likely N-dealkylation sites (N-methyl/N-ethyl adjacent to an activating group) is 1. The van der Waals surface area contributed by atoms with E-state index in [1.165, 1.54) is 25.1 Å². The van der Waals surface area contributed by atoms with E-state index in [1.807, 2.05) is 0 Å². The van der Waals surface area contributed by atoms with E-state index in [0.717, 1.165) is 0 Å². The molecule has 0 bridgehead atoms. The zero-order valence-electron chi connectivity index (χ0n) is 13.8. The summed E-state index contributed by atoms with van der Waals surface area (Å²) in [5.41, 5.74) is 1.00. The average Bonchev–Trinajstić information content (AvgIpc) is 2.86. The molecule has 1 aliphatic heterocycles. The van der Waals surface area contributed by atoms with Gasteiger partial charge in [0.1, 0.15) is 5.76 Å². The molecule has 2 aromatic carbocycles. The Morgan fingerprint density at radius 2 is 1.80 bits per heavy atom. The fourth-order valence-corrected chi connectivity index (χ4v) is 2.95. The Hall–Kier alpha value is -3.28. The number of carbonyl (C=O) groups is 2. The van der Waals surface area contributed by atoms with Gasteiger partial charge in [-0.3, -0.25) is 9.59 Å². The molecule has 1 fully saturated rings. The molecule has 3 rings (SSSR count).